The molecule has 0 spiro atoms. The number of anilines is 1. The summed E-state index contributed by atoms with van der Waals surface area (Å²) in [5.41, 5.74) is 5.61. The predicted molar refractivity (Wildman–Crippen MR) is 76.6 cm³/mol. The highest BCUT2D eigenvalue weighted by Crippen LogP contribution is 2.26. The van der Waals surface area contributed by atoms with Gasteiger partial charge in [-0.15, -0.1) is 0 Å². The van der Waals surface area contributed by atoms with Crippen LogP contribution in [0.25, 0.3) is 0 Å². The van der Waals surface area contributed by atoms with Gasteiger partial charge in [-0.05, 0) is 32.0 Å². The van der Waals surface area contributed by atoms with Crippen LogP contribution in [0.15, 0.2) is 23.1 Å². The van der Waals surface area contributed by atoms with Crippen molar-refractivity contribution in [2.24, 2.45) is 0 Å². The first kappa shape index (κ1) is 15.7. The van der Waals surface area contributed by atoms with Crippen LogP contribution in [0.3, 0.4) is 0 Å². The van der Waals surface area contributed by atoms with Crippen LogP contribution in [0, 0.1) is 0 Å². The summed E-state index contributed by atoms with van der Waals surface area (Å²) in [6.45, 7) is 4.09. The fourth-order valence-electron chi connectivity index (χ4n) is 2.38. The zero-order valence-corrected chi connectivity index (χ0v) is 12.6. The smallest absolute Gasteiger partial charge is 0.335 e. The van der Waals surface area contributed by atoms with Crippen LogP contribution in [0.4, 0.5) is 5.69 Å². The van der Waals surface area contributed by atoms with Gasteiger partial charge in [0.25, 0.3) is 0 Å². The van der Waals surface area contributed by atoms with E-state index >= 15 is 0 Å². The number of sulfonamides is 1. The number of carboxylic acids is 1. The SMILES string of the molecule is CC1CN(S(=O)(=O)c2ccc(C(=O)O)cc2N)CC(C)O1. The van der Waals surface area contributed by atoms with E-state index in [0.29, 0.717) is 0 Å². The van der Waals surface area contributed by atoms with Gasteiger partial charge in [-0.1, -0.05) is 0 Å². The number of aromatic carboxylic acids is 1. The van der Waals surface area contributed by atoms with Gasteiger partial charge in [-0.3, -0.25) is 0 Å². The quantitative estimate of drug-likeness (QED) is 0.797. The van der Waals surface area contributed by atoms with Crippen molar-refractivity contribution in [3.63, 3.8) is 0 Å². The minimum absolute atomic E-state index is 0.0461. The average molecular weight is 314 g/mol. The summed E-state index contributed by atoms with van der Waals surface area (Å²) < 4.78 is 32.1. The van der Waals surface area contributed by atoms with Gasteiger partial charge in [-0.2, -0.15) is 4.31 Å². The second kappa shape index (κ2) is 5.63. The zero-order chi connectivity index (χ0) is 15.8. The van der Waals surface area contributed by atoms with Gasteiger partial charge in [0.05, 0.1) is 23.5 Å². The Bertz CT molecular complexity index is 649. The van der Waals surface area contributed by atoms with Crippen LogP contribution in [0.5, 0.6) is 0 Å². The van der Waals surface area contributed by atoms with E-state index in [4.69, 9.17) is 15.6 Å². The molecule has 2 atom stereocenters. The Labute approximate surface area is 123 Å². The van der Waals surface area contributed by atoms with Gasteiger partial charge in [0.15, 0.2) is 0 Å². The summed E-state index contributed by atoms with van der Waals surface area (Å²) in [5.74, 6) is -1.15. The number of morpholine rings is 1. The van der Waals surface area contributed by atoms with E-state index in [1.807, 2.05) is 0 Å². The molecule has 1 aliphatic rings. The highest BCUT2D eigenvalue weighted by molar-refractivity contribution is 7.89. The molecule has 21 heavy (non-hydrogen) atoms. The summed E-state index contributed by atoms with van der Waals surface area (Å²) in [4.78, 5) is 10.8. The Morgan fingerprint density at radius 2 is 1.90 bits per heavy atom. The molecule has 1 aromatic carbocycles. The van der Waals surface area contributed by atoms with Crippen LogP contribution in [-0.2, 0) is 14.8 Å². The number of hydrogen-bond acceptors (Lipinski definition) is 5. The maximum Gasteiger partial charge on any atom is 0.335 e. The van der Waals surface area contributed by atoms with E-state index in [1.165, 1.54) is 16.4 Å². The molecule has 0 saturated carbocycles. The number of rotatable bonds is 3. The number of benzene rings is 1. The molecule has 0 aliphatic carbocycles. The number of hydrogen-bond donors (Lipinski definition) is 2. The third-order valence-corrected chi connectivity index (χ3v) is 5.17. The zero-order valence-electron chi connectivity index (χ0n) is 11.8. The van der Waals surface area contributed by atoms with Crippen LogP contribution in [0.1, 0.15) is 24.2 Å². The van der Waals surface area contributed by atoms with E-state index in [-0.39, 0.29) is 41.4 Å². The van der Waals surface area contributed by atoms with Gasteiger partial charge in [0.1, 0.15) is 4.90 Å². The van der Waals surface area contributed by atoms with Gasteiger partial charge < -0.3 is 15.6 Å². The maximum absolute atomic E-state index is 12.6. The fourth-order valence-corrected chi connectivity index (χ4v) is 4.07. The molecule has 1 fully saturated rings. The minimum atomic E-state index is -3.77. The number of nitrogens with two attached hydrogens (primary N) is 1. The first-order valence-corrected chi connectivity index (χ1v) is 7.94. The lowest BCUT2D eigenvalue weighted by atomic mass is 10.2. The highest BCUT2D eigenvalue weighted by Gasteiger charge is 2.33. The van der Waals surface area contributed by atoms with Crippen LogP contribution < -0.4 is 5.73 Å². The monoisotopic (exact) mass is 314 g/mol. The average Bonchev–Trinajstić information content (AvgIpc) is 2.36. The van der Waals surface area contributed by atoms with Crippen molar-refractivity contribution < 1.29 is 23.1 Å². The van der Waals surface area contributed by atoms with Crippen LogP contribution in [0.2, 0.25) is 0 Å². The molecule has 1 aliphatic heterocycles. The Hall–Kier alpha value is -1.64. The molecule has 0 aromatic heterocycles. The van der Waals surface area contributed by atoms with Crippen molar-refractivity contribution in [2.75, 3.05) is 18.8 Å². The summed E-state index contributed by atoms with van der Waals surface area (Å²) in [5, 5.41) is 8.89. The molecule has 0 bridgehead atoms. The van der Waals surface area contributed by atoms with E-state index in [1.54, 1.807) is 13.8 Å². The number of carboxylic acid groups (broad SMARTS) is 1. The van der Waals surface area contributed by atoms with Crippen molar-refractivity contribution in [3.8, 4) is 0 Å². The molecule has 3 N–H and O–H groups in total. The van der Waals surface area contributed by atoms with Crippen molar-refractivity contribution in [3.05, 3.63) is 23.8 Å². The van der Waals surface area contributed by atoms with Crippen molar-refractivity contribution in [2.45, 2.75) is 31.0 Å². The predicted octanol–water partition coefficient (Wildman–Crippen LogP) is 0.765. The Balaban J connectivity index is 2.37. The summed E-state index contributed by atoms with van der Waals surface area (Å²) in [6, 6.07) is 3.63. The lowest BCUT2D eigenvalue weighted by molar-refractivity contribution is -0.0440. The first-order chi connectivity index (χ1) is 9.71. The van der Waals surface area contributed by atoms with Crippen LogP contribution in [-0.4, -0.2) is 49.1 Å². The summed E-state index contributed by atoms with van der Waals surface area (Å²) >= 11 is 0. The second-order valence-corrected chi connectivity index (χ2v) is 7.04. The normalized spacial score (nSPS) is 23.9. The van der Waals surface area contributed by atoms with Gasteiger partial charge in [0.2, 0.25) is 10.0 Å². The molecule has 2 unspecified atom stereocenters. The Morgan fingerprint density at radius 1 is 1.33 bits per heavy atom. The number of carbonyl (C=O) groups is 1. The minimum Gasteiger partial charge on any atom is -0.478 e. The van der Waals surface area contributed by atoms with Gasteiger partial charge in [0, 0.05) is 13.1 Å². The molecular weight excluding hydrogens is 296 g/mol. The topological polar surface area (TPSA) is 110 Å². The number of nitrogen functional groups attached to an aromatic ring is 1. The molecule has 8 heteroatoms. The Morgan fingerprint density at radius 3 is 2.38 bits per heavy atom. The third kappa shape index (κ3) is 3.17. The molecule has 116 valence electrons. The molecule has 0 amide bonds. The first-order valence-electron chi connectivity index (χ1n) is 6.50. The fraction of sp³-hybridized carbons (Fsp3) is 0.462. The lowest BCUT2D eigenvalue weighted by Gasteiger charge is -2.34. The van der Waals surface area contributed by atoms with Crippen molar-refractivity contribution in [1.82, 2.24) is 4.31 Å². The van der Waals surface area contributed by atoms with Gasteiger partial charge in [-0.25, -0.2) is 13.2 Å². The largest absolute Gasteiger partial charge is 0.478 e. The molecule has 7 nitrogen and oxygen atoms in total. The van der Waals surface area contributed by atoms with E-state index in [9.17, 15) is 13.2 Å². The number of nitrogens with zero attached hydrogens (tertiary/aromatic N) is 1. The maximum atomic E-state index is 12.6. The van der Waals surface area contributed by atoms with Gasteiger partial charge >= 0.3 is 5.97 Å². The third-order valence-electron chi connectivity index (χ3n) is 3.26. The van der Waals surface area contributed by atoms with E-state index in [0.717, 1.165) is 6.07 Å². The number of ether oxygens (including phenoxy) is 1. The van der Waals surface area contributed by atoms with E-state index in [2.05, 4.69) is 0 Å². The van der Waals surface area contributed by atoms with Crippen molar-refractivity contribution in [1.29, 1.82) is 0 Å². The molecule has 1 heterocycles. The van der Waals surface area contributed by atoms with Crippen LogP contribution >= 0.6 is 0 Å². The molecular formula is C13H18N2O5S. The van der Waals surface area contributed by atoms with Crippen molar-refractivity contribution >= 4 is 21.7 Å². The molecule has 0 radical (unpaired) electrons. The molecule has 1 aromatic rings. The molecule has 1 saturated heterocycles. The summed E-state index contributed by atoms with van der Waals surface area (Å²) in [7, 11) is -3.77. The Kier molecular flexibility index (Phi) is 4.22. The summed E-state index contributed by atoms with van der Waals surface area (Å²) in [6.07, 6.45) is -0.411. The standard InChI is InChI=1S/C13H18N2O5S/c1-8-6-15(7-9(2)20-8)21(18,19)12-4-3-10(13(16)17)5-11(12)14/h3-5,8-9H,6-7,14H2,1-2H3,(H,16,17). The highest BCUT2D eigenvalue weighted by atomic mass is 32.2. The van der Waals surface area contributed by atoms with E-state index < -0.39 is 16.0 Å². The molecule has 2 rings (SSSR count). The lowest BCUT2D eigenvalue weighted by Crippen LogP contribution is -2.48. The second-order valence-electron chi connectivity index (χ2n) is 5.14.